The molecule has 0 bridgehead atoms. The molecule has 2 aromatic rings. The summed E-state index contributed by atoms with van der Waals surface area (Å²) in [5.74, 6) is 0.315. The number of hydrogen-bond donors (Lipinski definition) is 0. The molecule has 28 heavy (non-hydrogen) atoms. The minimum atomic E-state index is -0.612. The van der Waals surface area contributed by atoms with Crippen LogP contribution in [-0.2, 0) is 21.5 Å². The maximum absolute atomic E-state index is 14.0. The molecule has 2 fully saturated rings. The number of anilines is 1. The summed E-state index contributed by atoms with van der Waals surface area (Å²) in [4.78, 5) is 30.2. The summed E-state index contributed by atoms with van der Waals surface area (Å²) in [7, 11) is 0. The van der Waals surface area contributed by atoms with Gasteiger partial charge in [-0.2, -0.15) is 0 Å². The van der Waals surface area contributed by atoms with Gasteiger partial charge in [0.15, 0.2) is 0 Å². The van der Waals surface area contributed by atoms with Gasteiger partial charge < -0.3 is 9.80 Å². The van der Waals surface area contributed by atoms with Gasteiger partial charge >= 0.3 is 0 Å². The third kappa shape index (κ3) is 2.24. The molecule has 4 heteroatoms. The smallest absolute Gasteiger partial charge is 0.238 e. The van der Waals surface area contributed by atoms with Crippen LogP contribution in [0, 0.1) is 5.92 Å². The van der Waals surface area contributed by atoms with Crippen LogP contribution in [-0.4, -0.2) is 29.3 Å². The van der Waals surface area contributed by atoms with E-state index in [1.165, 1.54) is 0 Å². The lowest BCUT2D eigenvalue weighted by molar-refractivity contribution is -0.136. The molecular weight excluding hydrogens is 348 g/mol. The van der Waals surface area contributed by atoms with Crippen molar-refractivity contribution in [1.82, 2.24) is 4.90 Å². The highest BCUT2D eigenvalue weighted by atomic mass is 16.2. The molecule has 3 aliphatic rings. The molecule has 4 nitrogen and oxygen atoms in total. The highest BCUT2D eigenvalue weighted by molar-refractivity contribution is 6.08. The van der Waals surface area contributed by atoms with E-state index in [0.717, 1.165) is 23.2 Å². The van der Waals surface area contributed by atoms with E-state index in [2.05, 4.69) is 30.8 Å². The molecule has 2 saturated heterocycles. The molecule has 0 aliphatic carbocycles. The minimum absolute atomic E-state index is 0.0536. The van der Waals surface area contributed by atoms with Crippen molar-refractivity contribution in [3.63, 3.8) is 0 Å². The van der Waals surface area contributed by atoms with Crippen LogP contribution in [0.1, 0.15) is 30.4 Å². The molecule has 2 amide bonds. The van der Waals surface area contributed by atoms with Gasteiger partial charge in [0.25, 0.3) is 0 Å². The lowest BCUT2D eigenvalue weighted by Gasteiger charge is -2.47. The molecule has 0 unspecified atom stereocenters. The Bertz CT molecular complexity index is 954. The Kier molecular flexibility index (Phi) is 3.90. The second-order valence-corrected chi connectivity index (χ2v) is 8.07. The Morgan fingerprint density at radius 2 is 1.82 bits per heavy atom. The Hall–Kier alpha value is -2.88. The molecule has 1 spiro atoms. The molecule has 3 aliphatic heterocycles. The summed E-state index contributed by atoms with van der Waals surface area (Å²) in [6.07, 6.45) is 3.98. The van der Waals surface area contributed by atoms with Crippen LogP contribution in [0.15, 0.2) is 67.3 Å². The van der Waals surface area contributed by atoms with Crippen LogP contribution in [0.25, 0.3) is 0 Å². The SMILES string of the molecule is C=C[C@H]1[C@@H]2CCC(=O)N2CC[C@@]12C(=O)N(Cc1ccccc1)c1ccccc12. The number of carbonyl (C=O) groups is 2. The van der Waals surface area contributed by atoms with Crippen molar-refractivity contribution in [3.05, 3.63) is 78.4 Å². The summed E-state index contributed by atoms with van der Waals surface area (Å²) in [6.45, 7) is 5.31. The summed E-state index contributed by atoms with van der Waals surface area (Å²) in [5, 5.41) is 0. The number of nitrogens with zero attached hydrogens (tertiary/aromatic N) is 2. The van der Waals surface area contributed by atoms with E-state index in [9.17, 15) is 9.59 Å². The van der Waals surface area contributed by atoms with Gasteiger partial charge in [-0.15, -0.1) is 6.58 Å². The summed E-state index contributed by atoms with van der Waals surface area (Å²) >= 11 is 0. The van der Waals surface area contributed by atoms with E-state index in [1.807, 2.05) is 46.2 Å². The number of carbonyl (C=O) groups excluding carboxylic acids is 2. The largest absolute Gasteiger partial charge is 0.339 e. The number of hydrogen-bond acceptors (Lipinski definition) is 2. The molecule has 2 aromatic carbocycles. The quantitative estimate of drug-likeness (QED) is 0.772. The van der Waals surface area contributed by atoms with E-state index in [1.54, 1.807) is 0 Å². The van der Waals surface area contributed by atoms with Gasteiger partial charge in [-0.1, -0.05) is 54.6 Å². The van der Waals surface area contributed by atoms with E-state index in [-0.39, 0.29) is 23.8 Å². The fraction of sp³-hybridized carbons (Fsp3) is 0.333. The first-order valence-electron chi connectivity index (χ1n) is 10.0. The predicted molar refractivity (Wildman–Crippen MR) is 109 cm³/mol. The predicted octanol–water partition coefficient (Wildman–Crippen LogP) is 3.67. The number of benzene rings is 2. The molecule has 0 aromatic heterocycles. The van der Waals surface area contributed by atoms with Gasteiger partial charge in [0.2, 0.25) is 11.8 Å². The van der Waals surface area contributed by atoms with Crippen molar-refractivity contribution in [2.75, 3.05) is 11.4 Å². The van der Waals surface area contributed by atoms with Crippen LogP contribution in [0.3, 0.4) is 0 Å². The number of amides is 2. The Labute approximate surface area is 165 Å². The van der Waals surface area contributed by atoms with E-state index in [0.29, 0.717) is 25.9 Å². The maximum atomic E-state index is 14.0. The molecule has 142 valence electrons. The van der Waals surface area contributed by atoms with Crippen LogP contribution in [0.4, 0.5) is 5.69 Å². The zero-order chi connectivity index (χ0) is 19.3. The Balaban J connectivity index is 1.61. The first-order chi connectivity index (χ1) is 13.7. The van der Waals surface area contributed by atoms with Crippen molar-refractivity contribution in [2.24, 2.45) is 5.92 Å². The summed E-state index contributed by atoms with van der Waals surface area (Å²) < 4.78 is 0. The molecule has 5 rings (SSSR count). The highest BCUT2D eigenvalue weighted by Gasteiger charge is 2.60. The summed E-state index contributed by atoms with van der Waals surface area (Å²) in [5.41, 5.74) is 2.60. The standard InChI is InChI=1S/C24H24N2O2/c1-2-18-21-12-13-22(27)25(21)15-14-24(18)19-10-6-7-11-20(19)26(23(24)28)16-17-8-4-3-5-9-17/h2-11,18,21H,1,12-16H2/t18-,21-,24+/m0/s1. The van der Waals surface area contributed by atoms with Crippen molar-refractivity contribution >= 4 is 17.5 Å². The number of piperidine rings is 1. The molecule has 3 heterocycles. The van der Waals surface area contributed by atoms with Crippen molar-refractivity contribution < 1.29 is 9.59 Å². The van der Waals surface area contributed by atoms with E-state index in [4.69, 9.17) is 0 Å². The molecule has 0 radical (unpaired) electrons. The van der Waals surface area contributed by atoms with Crippen molar-refractivity contribution in [2.45, 2.75) is 37.3 Å². The van der Waals surface area contributed by atoms with Crippen molar-refractivity contribution in [1.29, 1.82) is 0 Å². The number of fused-ring (bicyclic) bond motifs is 3. The normalized spacial score (nSPS) is 28.6. The lowest BCUT2D eigenvalue weighted by Crippen LogP contribution is -2.58. The zero-order valence-corrected chi connectivity index (χ0v) is 15.9. The lowest BCUT2D eigenvalue weighted by atomic mass is 9.63. The minimum Gasteiger partial charge on any atom is -0.339 e. The second-order valence-electron chi connectivity index (χ2n) is 8.07. The Morgan fingerprint density at radius 3 is 2.61 bits per heavy atom. The maximum Gasteiger partial charge on any atom is 0.238 e. The average Bonchev–Trinajstić information content (AvgIpc) is 3.21. The van der Waals surface area contributed by atoms with Gasteiger partial charge in [0.1, 0.15) is 0 Å². The van der Waals surface area contributed by atoms with Gasteiger partial charge in [0.05, 0.1) is 12.0 Å². The van der Waals surface area contributed by atoms with Gasteiger partial charge in [0, 0.05) is 30.6 Å². The van der Waals surface area contributed by atoms with Gasteiger partial charge in [-0.05, 0) is 30.0 Å². The zero-order valence-electron chi connectivity index (χ0n) is 15.9. The fourth-order valence-electron chi connectivity index (χ4n) is 5.61. The highest BCUT2D eigenvalue weighted by Crippen LogP contribution is 2.54. The third-order valence-corrected chi connectivity index (χ3v) is 6.84. The van der Waals surface area contributed by atoms with Gasteiger partial charge in [-0.25, -0.2) is 0 Å². The molecule has 3 atom stereocenters. The molecule has 0 saturated carbocycles. The second kappa shape index (κ2) is 6.33. The van der Waals surface area contributed by atoms with Gasteiger partial charge in [-0.3, -0.25) is 9.59 Å². The Morgan fingerprint density at radius 1 is 1.07 bits per heavy atom. The van der Waals surface area contributed by atoms with Crippen molar-refractivity contribution in [3.8, 4) is 0 Å². The number of rotatable bonds is 3. The molecule has 0 N–H and O–H groups in total. The van der Waals surface area contributed by atoms with Crippen LogP contribution >= 0.6 is 0 Å². The van der Waals surface area contributed by atoms with E-state index < -0.39 is 5.41 Å². The topological polar surface area (TPSA) is 40.6 Å². The fourth-order valence-corrected chi connectivity index (χ4v) is 5.61. The monoisotopic (exact) mass is 372 g/mol. The first kappa shape index (κ1) is 17.2. The van der Waals surface area contributed by atoms with Crippen LogP contribution in [0.2, 0.25) is 0 Å². The average molecular weight is 372 g/mol. The third-order valence-electron chi connectivity index (χ3n) is 6.84. The molecular formula is C24H24N2O2. The van der Waals surface area contributed by atoms with Crippen LogP contribution < -0.4 is 4.90 Å². The number of para-hydroxylation sites is 1. The first-order valence-corrected chi connectivity index (χ1v) is 10.0. The summed E-state index contributed by atoms with van der Waals surface area (Å²) in [6, 6.07) is 18.4. The van der Waals surface area contributed by atoms with Crippen LogP contribution in [0.5, 0.6) is 0 Å². The van der Waals surface area contributed by atoms with E-state index >= 15 is 0 Å².